The topological polar surface area (TPSA) is 54.6 Å². The number of thiophene rings is 1. The summed E-state index contributed by atoms with van der Waals surface area (Å²) in [6, 6.07) is 7.10. The van der Waals surface area contributed by atoms with Crippen LogP contribution < -0.4 is 5.43 Å². The van der Waals surface area contributed by atoms with Gasteiger partial charge in [0, 0.05) is 0 Å². The Morgan fingerprint density at radius 3 is 2.67 bits per heavy atom. The van der Waals surface area contributed by atoms with E-state index in [1.54, 1.807) is 23.5 Å². The molecular formula is C11H8Br2N2O2S. The highest BCUT2D eigenvalue weighted by Gasteiger charge is 2.09. The zero-order chi connectivity index (χ0) is 13.1. The highest BCUT2D eigenvalue weighted by atomic mass is 79.9. The molecule has 0 atom stereocenters. The first-order valence-electron chi connectivity index (χ1n) is 4.92. The van der Waals surface area contributed by atoms with Crippen LogP contribution in [0.4, 0.5) is 0 Å². The number of halogens is 2. The molecule has 0 aliphatic heterocycles. The van der Waals surface area contributed by atoms with Crippen LogP contribution in [0.5, 0.6) is 0 Å². The van der Waals surface area contributed by atoms with E-state index in [2.05, 4.69) is 42.4 Å². The van der Waals surface area contributed by atoms with Crippen molar-refractivity contribution in [2.75, 3.05) is 0 Å². The lowest BCUT2D eigenvalue weighted by molar-refractivity contribution is 0.0926. The summed E-state index contributed by atoms with van der Waals surface area (Å²) in [7, 11) is 0. The molecule has 0 spiro atoms. The second-order valence-electron chi connectivity index (χ2n) is 3.35. The predicted octanol–water partition coefficient (Wildman–Crippen LogP) is 4.02. The maximum atomic E-state index is 11.7. The Balaban J connectivity index is 2.04. The van der Waals surface area contributed by atoms with Gasteiger partial charge in [0.2, 0.25) is 0 Å². The Morgan fingerprint density at radius 1 is 1.33 bits per heavy atom. The summed E-state index contributed by atoms with van der Waals surface area (Å²) in [4.78, 5) is 12.6. The van der Waals surface area contributed by atoms with E-state index in [0.717, 1.165) is 14.4 Å². The van der Waals surface area contributed by atoms with Crippen LogP contribution in [-0.2, 0) is 0 Å². The number of nitrogens with one attached hydrogen (secondary N) is 1. The molecule has 0 bridgehead atoms. The van der Waals surface area contributed by atoms with E-state index in [4.69, 9.17) is 4.42 Å². The predicted molar refractivity (Wildman–Crippen MR) is 78.1 cm³/mol. The van der Waals surface area contributed by atoms with E-state index in [1.165, 1.54) is 0 Å². The Bertz CT molecular complexity index is 604. The minimum absolute atomic E-state index is 0.214. The Kier molecular flexibility index (Phi) is 4.36. The van der Waals surface area contributed by atoms with Crippen molar-refractivity contribution >= 4 is 54.8 Å². The number of rotatable bonds is 3. The average molecular weight is 392 g/mol. The van der Waals surface area contributed by atoms with Crippen molar-refractivity contribution < 1.29 is 9.21 Å². The van der Waals surface area contributed by atoms with E-state index >= 15 is 0 Å². The van der Waals surface area contributed by atoms with Crippen molar-refractivity contribution in [3.05, 3.63) is 43.4 Å². The number of hydrazone groups is 1. The van der Waals surface area contributed by atoms with E-state index in [9.17, 15) is 4.79 Å². The Morgan fingerprint density at radius 2 is 2.11 bits per heavy atom. The molecule has 2 aromatic rings. The summed E-state index contributed by atoms with van der Waals surface area (Å²) in [5.41, 5.74) is 3.19. The SMILES string of the molecule is CC(=NNC(=O)c1ccc(Br)o1)c1ccc(Br)s1. The quantitative estimate of drug-likeness (QED) is 0.634. The van der Waals surface area contributed by atoms with Crippen LogP contribution in [0.1, 0.15) is 22.4 Å². The molecule has 0 unspecified atom stereocenters. The molecule has 1 amide bonds. The number of carbonyl (C=O) groups is 1. The van der Waals surface area contributed by atoms with Crippen LogP contribution in [0.3, 0.4) is 0 Å². The van der Waals surface area contributed by atoms with Crippen molar-refractivity contribution in [1.29, 1.82) is 0 Å². The number of hydrogen-bond acceptors (Lipinski definition) is 4. The molecule has 0 aliphatic rings. The third-order valence-electron chi connectivity index (χ3n) is 2.05. The van der Waals surface area contributed by atoms with Crippen molar-refractivity contribution in [3.63, 3.8) is 0 Å². The van der Waals surface area contributed by atoms with E-state index in [0.29, 0.717) is 4.67 Å². The smallest absolute Gasteiger partial charge is 0.307 e. The van der Waals surface area contributed by atoms with Crippen LogP contribution in [0.2, 0.25) is 0 Å². The van der Waals surface area contributed by atoms with Gasteiger partial charge in [-0.3, -0.25) is 4.79 Å². The zero-order valence-electron chi connectivity index (χ0n) is 9.24. The summed E-state index contributed by atoms with van der Waals surface area (Å²) in [5.74, 6) is -0.165. The zero-order valence-corrected chi connectivity index (χ0v) is 13.2. The highest BCUT2D eigenvalue weighted by Crippen LogP contribution is 2.22. The third kappa shape index (κ3) is 3.30. The largest absolute Gasteiger partial charge is 0.444 e. The van der Waals surface area contributed by atoms with Gasteiger partial charge in [0.25, 0.3) is 0 Å². The number of furan rings is 1. The first-order valence-corrected chi connectivity index (χ1v) is 7.32. The lowest BCUT2D eigenvalue weighted by Gasteiger charge is -1.98. The van der Waals surface area contributed by atoms with Gasteiger partial charge in [0.15, 0.2) is 10.4 Å². The van der Waals surface area contributed by atoms with E-state index in [1.807, 2.05) is 19.1 Å². The molecule has 1 N–H and O–H groups in total. The molecule has 0 aromatic carbocycles. The van der Waals surface area contributed by atoms with Gasteiger partial charge in [-0.25, -0.2) is 5.43 Å². The maximum absolute atomic E-state index is 11.7. The number of nitrogens with zero attached hydrogens (tertiary/aromatic N) is 1. The standard InChI is InChI=1S/C11H8Br2N2O2S/c1-6(8-3-5-10(13)18-8)14-15-11(16)7-2-4-9(12)17-7/h2-5H,1H3,(H,15,16). The van der Waals surface area contributed by atoms with Crippen molar-refractivity contribution in [1.82, 2.24) is 5.43 Å². The van der Waals surface area contributed by atoms with Crippen molar-refractivity contribution in [2.24, 2.45) is 5.10 Å². The normalized spacial score (nSPS) is 11.6. The minimum atomic E-state index is -0.379. The lowest BCUT2D eigenvalue weighted by Crippen LogP contribution is -2.18. The van der Waals surface area contributed by atoms with Gasteiger partial charge in [-0.05, 0) is 63.0 Å². The van der Waals surface area contributed by atoms with E-state index < -0.39 is 0 Å². The first-order chi connectivity index (χ1) is 8.56. The molecule has 18 heavy (non-hydrogen) atoms. The van der Waals surface area contributed by atoms with Gasteiger partial charge in [0.05, 0.1) is 14.4 Å². The molecule has 0 fully saturated rings. The molecule has 0 radical (unpaired) electrons. The molecule has 2 aromatic heterocycles. The second kappa shape index (κ2) is 5.81. The fraction of sp³-hybridized carbons (Fsp3) is 0.0909. The van der Waals surface area contributed by atoms with Gasteiger partial charge in [-0.1, -0.05) is 0 Å². The van der Waals surface area contributed by atoms with Crippen LogP contribution >= 0.6 is 43.2 Å². The third-order valence-corrected chi connectivity index (χ3v) is 4.21. The summed E-state index contributed by atoms with van der Waals surface area (Å²) in [6.45, 7) is 1.83. The van der Waals surface area contributed by atoms with Gasteiger partial charge >= 0.3 is 5.91 Å². The summed E-state index contributed by atoms with van der Waals surface area (Å²) < 4.78 is 6.65. The summed E-state index contributed by atoms with van der Waals surface area (Å²) >= 11 is 8.06. The first kappa shape index (κ1) is 13.5. The highest BCUT2D eigenvalue weighted by molar-refractivity contribution is 9.11. The van der Waals surface area contributed by atoms with Gasteiger partial charge in [-0.2, -0.15) is 5.10 Å². The van der Waals surface area contributed by atoms with E-state index in [-0.39, 0.29) is 11.7 Å². The maximum Gasteiger partial charge on any atom is 0.307 e. The molecular weight excluding hydrogens is 384 g/mol. The van der Waals surface area contributed by atoms with Crippen LogP contribution in [-0.4, -0.2) is 11.6 Å². The fourth-order valence-electron chi connectivity index (χ4n) is 1.19. The Labute approximate surface area is 124 Å². The molecule has 0 saturated heterocycles. The van der Waals surface area contributed by atoms with Gasteiger partial charge in [0.1, 0.15) is 0 Å². The van der Waals surface area contributed by atoms with Crippen molar-refractivity contribution in [3.8, 4) is 0 Å². The molecule has 94 valence electrons. The lowest BCUT2D eigenvalue weighted by atomic mass is 10.3. The molecule has 7 heteroatoms. The number of amides is 1. The average Bonchev–Trinajstić information content (AvgIpc) is 2.94. The molecule has 2 rings (SSSR count). The van der Waals surface area contributed by atoms with Crippen LogP contribution in [0.15, 0.2) is 42.2 Å². The van der Waals surface area contributed by atoms with Gasteiger partial charge in [-0.15, -0.1) is 11.3 Å². The van der Waals surface area contributed by atoms with Crippen LogP contribution in [0, 0.1) is 0 Å². The van der Waals surface area contributed by atoms with Crippen molar-refractivity contribution in [2.45, 2.75) is 6.92 Å². The minimum Gasteiger partial charge on any atom is -0.444 e. The molecule has 0 aliphatic carbocycles. The molecule has 2 heterocycles. The summed E-state index contributed by atoms with van der Waals surface area (Å²) in [6.07, 6.45) is 0. The monoisotopic (exact) mass is 390 g/mol. The second-order valence-corrected chi connectivity index (χ2v) is 6.59. The Hall–Kier alpha value is -0.920. The van der Waals surface area contributed by atoms with Gasteiger partial charge < -0.3 is 4.42 Å². The number of carbonyl (C=O) groups excluding carboxylic acids is 1. The fourth-order valence-corrected chi connectivity index (χ4v) is 2.83. The molecule has 4 nitrogen and oxygen atoms in total. The number of hydrogen-bond donors (Lipinski definition) is 1. The summed E-state index contributed by atoms with van der Waals surface area (Å²) in [5, 5.41) is 4.02. The van der Waals surface area contributed by atoms with Crippen LogP contribution in [0.25, 0.3) is 0 Å². The molecule has 0 saturated carbocycles.